The highest BCUT2D eigenvalue weighted by molar-refractivity contribution is 5.86. The molecule has 1 aromatic carbocycles. The number of aryl methyl sites for hydroxylation is 1. The minimum Gasteiger partial charge on any atom is -0.368 e. The molecule has 0 spiro atoms. The summed E-state index contributed by atoms with van der Waals surface area (Å²) in [6.45, 7) is 8.85. The van der Waals surface area contributed by atoms with Gasteiger partial charge in [-0.2, -0.15) is 5.10 Å². The lowest BCUT2D eigenvalue weighted by Gasteiger charge is -2.37. The quantitative estimate of drug-likeness (QED) is 0.888. The molecule has 130 valence electrons. The van der Waals surface area contributed by atoms with Crippen molar-refractivity contribution in [2.45, 2.75) is 44.7 Å². The Hall–Kier alpha value is -1.59. The maximum absolute atomic E-state index is 4.88. The van der Waals surface area contributed by atoms with Gasteiger partial charge < -0.3 is 15.5 Å². The minimum atomic E-state index is 0.528. The number of fused-ring (bicyclic) bond motifs is 1. The molecule has 24 heavy (non-hydrogen) atoms. The summed E-state index contributed by atoms with van der Waals surface area (Å²) in [6.07, 6.45) is 2.49. The van der Waals surface area contributed by atoms with Crippen LogP contribution < -0.4 is 15.5 Å². The number of aromatic nitrogens is 2. The van der Waals surface area contributed by atoms with E-state index < -0.39 is 0 Å². The molecule has 5 nitrogen and oxygen atoms in total. The van der Waals surface area contributed by atoms with Crippen LogP contribution in [0.3, 0.4) is 0 Å². The summed E-state index contributed by atoms with van der Waals surface area (Å²) in [5.74, 6) is 0.549. The monoisotopic (exact) mass is 327 g/mol. The van der Waals surface area contributed by atoms with E-state index in [9.17, 15) is 0 Å². The Labute approximate surface area is 144 Å². The fourth-order valence-corrected chi connectivity index (χ4v) is 4.39. The highest BCUT2D eigenvalue weighted by atomic mass is 15.3. The first kappa shape index (κ1) is 15.9. The Morgan fingerprint density at radius 2 is 1.96 bits per heavy atom. The van der Waals surface area contributed by atoms with Crippen molar-refractivity contribution in [1.29, 1.82) is 0 Å². The molecule has 0 bridgehead atoms. The fourth-order valence-electron chi connectivity index (χ4n) is 4.39. The Bertz CT molecular complexity index is 706. The van der Waals surface area contributed by atoms with Crippen LogP contribution in [0, 0.1) is 0 Å². The van der Waals surface area contributed by atoms with Crippen molar-refractivity contribution < 1.29 is 0 Å². The van der Waals surface area contributed by atoms with E-state index >= 15 is 0 Å². The van der Waals surface area contributed by atoms with E-state index in [1.807, 2.05) is 0 Å². The Morgan fingerprint density at radius 1 is 1.17 bits per heavy atom. The molecular weight excluding hydrogens is 298 g/mol. The largest absolute Gasteiger partial charge is 0.368 e. The van der Waals surface area contributed by atoms with Gasteiger partial charge in [0.2, 0.25) is 0 Å². The van der Waals surface area contributed by atoms with Gasteiger partial charge in [-0.25, -0.2) is 0 Å². The average Bonchev–Trinajstić information content (AvgIpc) is 2.91. The second kappa shape index (κ2) is 6.37. The summed E-state index contributed by atoms with van der Waals surface area (Å²) in [7, 11) is 2.08. The fraction of sp³-hybridized carbons (Fsp3) is 0.632. The predicted octanol–water partition coefficient (Wildman–Crippen LogP) is 2.23. The van der Waals surface area contributed by atoms with Gasteiger partial charge in [-0.1, -0.05) is 0 Å². The van der Waals surface area contributed by atoms with Crippen LogP contribution in [0.2, 0.25) is 0 Å². The summed E-state index contributed by atoms with van der Waals surface area (Å²) in [6, 6.07) is 7.96. The molecule has 2 aromatic rings. The third kappa shape index (κ3) is 2.91. The maximum Gasteiger partial charge on any atom is 0.0746 e. The molecule has 2 aliphatic rings. The van der Waals surface area contributed by atoms with E-state index in [0.717, 1.165) is 26.2 Å². The van der Waals surface area contributed by atoms with Gasteiger partial charge in [0.25, 0.3) is 0 Å². The van der Waals surface area contributed by atoms with Crippen LogP contribution in [-0.4, -0.2) is 48.0 Å². The molecule has 2 aliphatic heterocycles. The van der Waals surface area contributed by atoms with E-state index in [4.69, 9.17) is 5.10 Å². The SMILES string of the molecule is C[C@@H]1CN(c2ccc3c(C4CCCNC4)nn(C)c3c2)C[C@H](C)N1. The highest BCUT2D eigenvalue weighted by Crippen LogP contribution is 2.31. The topological polar surface area (TPSA) is 45.1 Å². The molecule has 5 heteroatoms. The Balaban J connectivity index is 1.67. The molecule has 1 aromatic heterocycles. The van der Waals surface area contributed by atoms with Crippen LogP contribution in [0.15, 0.2) is 18.2 Å². The zero-order chi connectivity index (χ0) is 16.7. The summed E-state index contributed by atoms with van der Waals surface area (Å²) < 4.78 is 2.07. The van der Waals surface area contributed by atoms with Gasteiger partial charge in [0.15, 0.2) is 0 Å². The van der Waals surface area contributed by atoms with Crippen LogP contribution in [0.5, 0.6) is 0 Å². The van der Waals surface area contributed by atoms with Crippen molar-refractivity contribution in [3.8, 4) is 0 Å². The van der Waals surface area contributed by atoms with Gasteiger partial charge >= 0.3 is 0 Å². The first-order valence-corrected chi connectivity index (χ1v) is 9.30. The van der Waals surface area contributed by atoms with Crippen LogP contribution >= 0.6 is 0 Å². The number of rotatable bonds is 2. The summed E-state index contributed by atoms with van der Waals surface area (Å²) in [5, 5.41) is 13.3. The van der Waals surface area contributed by atoms with E-state index in [1.165, 1.54) is 35.1 Å². The lowest BCUT2D eigenvalue weighted by molar-refractivity contribution is 0.407. The zero-order valence-electron chi connectivity index (χ0n) is 15.0. The van der Waals surface area contributed by atoms with Crippen molar-refractivity contribution in [2.75, 3.05) is 31.1 Å². The van der Waals surface area contributed by atoms with Crippen molar-refractivity contribution in [2.24, 2.45) is 7.05 Å². The summed E-state index contributed by atoms with van der Waals surface area (Å²) in [5.41, 5.74) is 3.85. The number of nitrogens with zero attached hydrogens (tertiary/aromatic N) is 3. The minimum absolute atomic E-state index is 0.528. The van der Waals surface area contributed by atoms with Crippen LogP contribution in [0.1, 0.15) is 38.3 Å². The number of hydrogen-bond donors (Lipinski definition) is 2. The molecule has 0 aliphatic carbocycles. The van der Waals surface area contributed by atoms with Crippen LogP contribution in [-0.2, 0) is 7.05 Å². The zero-order valence-corrected chi connectivity index (χ0v) is 15.0. The molecule has 2 saturated heterocycles. The second-order valence-electron chi connectivity index (χ2n) is 7.63. The number of anilines is 1. The van der Waals surface area contributed by atoms with E-state index in [2.05, 4.69) is 59.3 Å². The molecule has 0 amide bonds. The van der Waals surface area contributed by atoms with Crippen molar-refractivity contribution >= 4 is 16.6 Å². The van der Waals surface area contributed by atoms with E-state index in [0.29, 0.717) is 18.0 Å². The van der Waals surface area contributed by atoms with Gasteiger partial charge in [-0.05, 0) is 51.4 Å². The average molecular weight is 327 g/mol. The number of piperazine rings is 1. The standard InChI is InChI=1S/C19H29N5/c1-13-11-24(12-14(2)21-13)16-6-7-17-18(9-16)23(3)22-19(17)15-5-4-8-20-10-15/h6-7,9,13-15,20-21H,4-5,8,10-12H2,1-3H3/t13-,14+,15?. The van der Waals surface area contributed by atoms with Crippen molar-refractivity contribution in [3.05, 3.63) is 23.9 Å². The molecular formula is C19H29N5. The molecule has 4 rings (SSSR count). The molecule has 0 radical (unpaired) electrons. The highest BCUT2D eigenvalue weighted by Gasteiger charge is 2.24. The van der Waals surface area contributed by atoms with Crippen molar-refractivity contribution in [3.63, 3.8) is 0 Å². The molecule has 2 N–H and O–H groups in total. The van der Waals surface area contributed by atoms with Crippen LogP contribution in [0.25, 0.3) is 10.9 Å². The number of benzene rings is 1. The van der Waals surface area contributed by atoms with Gasteiger partial charge in [0.1, 0.15) is 0 Å². The van der Waals surface area contributed by atoms with Gasteiger partial charge in [-0.3, -0.25) is 4.68 Å². The second-order valence-corrected chi connectivity index (χ2v) is 7.63. The first-order chi connectivity index (χ1) is 11.6. The van der Waals surface area contributed by atoms with E-state index in [-0.39, 0.29) is 0 Å². The third-order valence-corrected chi connectivity index (χ3v) is 5.47. The van der Waals surface area contributed by atoms with Gasteiger partial charge in [-0.15, -0.1) is 0 Å². The molecule has 1 unspecified atom stereocenters. The predicted molar refractivity (Wildman–Crippen MR) is 99.8 cm³/mol. The van der Waals surface area contributed by atoms with Gasteiger partial charge in [0.05, 0.1) is 11.2 Å². The molecule has 3 heterocycles. The van der Waals surface area contributed by atoms with Crippen molar-refractivity contribution in [1.82, 2.24) is 20.4 Å². The molecule has 2 fully saturated rings. The number of piperidine rings is 1. The smallest absolute Gasteiger partial charge is 0.0746 e. The van der Waals surface area contributed by atoms with Crippen LogP contribution in [0.4, 0.5) is 5.69 Å². The summed E-state index contributed by atoms with van der Waals surface area (Å²) in [4.78, 5) is 2.50. The lowest BCUT2D eigenvalue weighted by atomic mass is 9.94. The third-order valence-electron chi connectivity index (χ3n) is 5.47. The number of nitrogens with one attached hydrogen (secondary N) is 2. The van der Waals surface area contributed by atoms with E-state index in [1.54, 1.807) is 0 Å². The maximum atomic E-state index is 4.88. The number of hydrogen-bond acceptors (Lipinski definition) is 4. The molecule has 0 saturated carbocycles. The lowest BCUT2D eigenvalue weighted by Crippen LogP contribution is -2.54. The summed E-state index contributed by atoms with van der Waals surface area (Å²) >= 11 is 0. The van der Waals surface area contributed by atoms with Gasteiger partial charge in [0, 0.05) is 55.8 Å². The first-order valence-electron chi connectivity index (χ1n) is 9.30. The Kier molecular flexibility index (Phi) is 4.22. The normalized spacial score (nSPS) is 28.5. The molecule has 3 atom stereocenters. The Morgan fingerprint density at radius 3 is 2.67 bits per heavy atom.